The van der Waals surface area contributed by atoms with Gasteiger partial charge in [0, 0.05) is 23.8 Å². The van der Waals surface area contributed by atoms with Gasteiger partial charge < -0.3 is 10.0 Å². The van der Waals surface area contributed by atoms with E-state index in [-0.39, 0.29) is 6.61 Å². The highest BCUT2D eigenvalue weighted by molar-refractivity contribution is 9.10. The van der Waals surface area contributed by atoms with Crippen LogP contribution < -0.4 is 4.90 Å². The van der Waals surface area contributed by atoms with Gasteiger partial charge in [0.25, 0.3) is 0 Å². The van der Waals surface area contributed by atoms with Crippen LogP contribution in [0.25, 0.3) is 0 Å². The minimum atomic E-state index is 0.187. The molecule has 2 nitrogen and oxygen atoms in total. The highest BCUT2D eigenvalue weighted by atomic mass is 79.9. The molecule has 0 saturated carbocycles. The average molecular weight is 244 g/mol. The maximum atomic E-state index is 8.79. The molecule has 1 aromatic rings. The molecular weight excluding hydrogens is 230 g/mol. The number of hydrogen-bond acceptors (Lipinski definition) is 2. The molecule has 0 aliphatic carbocycles. The molecule has 0 saturated heterocycles. The van der Waals surface area contributed by atoms with Gasteiger partial charge in [-0.3, -0.25) is 0 Å². The second-order valence-corrected chi connectivity index (χ2v) is 3.99. The van der Waals surface area contributed by atoms with Crippen LogP contribution in [0.15, 0.2) is 22.7 Å². The fourth-order valence-corrected chi connectivity index (χ4v) is 1.79. The summed E-state index contributed by atoms with van der Waals surface area (Å²) in [6, 6.07) is 6.13. The quantitative estimate of drug-likeness (QED) is 0.880. The smallest absolute Gasteiger partial charge is 0.0606 e. The van der Waals surface area contributed by atoms with Gasteiger partial charge in [-0.25, -0.2) is 0 Å². The Morgan fingerprint density at radius 2 is 2.15 bits per heavy atom. The molecule has 1 rings (SSSR count). The van der Waals surface area contributed by atoms with Crippen molar-refractivity contribution < 1.29 is 5.11 Å². The minimum Gasteiger partial charge on any atom is -0.395 e. The SMILES string of the molecule is Cc1cc(Br)ccc1N(C)CCO. The van der Waals surface area contributed by atoms with Crippen LogP contribution in [-0.4, -0.2) is 25.3 Å². The van der Waals surface area contributed by atoms with Gasteiger partial charge >= 0.3 is 0 Å². The van der Waals surface area contributed by atoms with Crippen LogP contribution in [0.1, 0.15) is 5.56 Å². The standard InChI is InChI=1S/C10H14BrNO/c1-8-7-9(11)3-4-10(8)12(2)5-6-13/h3-4,7,13H,5-6H2,1-2H3. The van der Waals surface area contributed by atoms with E-state index in [0.717, 1.165) is 10.2 Å². The first-order valence-electron chi connectivity index (χ1n) is 4.23. The number of halogens is 1. The average Bonchev–Trinajstić information content (AvgIpc) is 2.04. The van der Waals surface area contributed by atoms with Crippen molar-refractivity contribution >= 4 is 21.6 Å². The zero-order valence-electron chi connectivity index (χ0n) is 7.92. The molecule has 0 aliphatic rings. The lowest BCUT2D eigenvalue weighted by molar-refractivity contribution is 0.304. The molecule has 0 bridgehead atoms. The van der Waals surface area contributed by atoms with Crippen molar-refractivity contribution in [1.29, 1.82) is 0 Å². The van der Waals surface area contributed by atoms with Crippen molar-refractivity contribution in [3.8, 4) is 0 Å². The van der Waals surface area contributed by atoms with E-state index in [9.17, 15) is 0 Å². The molecule has 3 heteroatoms. The molecule has 0 amide bonds. The molecule has 13 heavy (non-hydrogen) atoms. The summed E-state index contributed by atoms with van der Waals surface area (Å²) in [5, 5.41) is 8.79. The second-order valence-electron chi connectivity index (χ2n) is 3.08. The van der Waals surface area contributed by atoms with E-state index in [1.165, 1.54) is 5.56 Å². The molecule has 0 radical (unpaired) electrons. The zero-order valence-corrected chi connectivity index (χ0v) is 9.50. The number of anilines is 1. The van der Waals surface area contributed by atoms with E-state index in [2.05, 4.69) is 35.0 Å². The summed E-state index contributed by atoms with van der Waals surface area (Å²) in [4.78, 5) is 2.04. The van der Waals surface area contributed by atoms with Crippen molar-refractivity contribution in [1.82, 2.24) is 0 Å². The van der Waals surface area contributed by atoms with Crippen LogP contribution in [0, 0.1) is 6.92 Å². The van der Waals surface area contributed by atoms with Crippen LogP contribution in [-0.2, 0) is 0 Å². The van der Waals surface area contributed by atoms with Crippen LogP contribution >= 0.6 is 15.9 Å². The number of nitrogens with zero attached hydrogens (tertiary/aromatic N) is 1. The van der Waals surface area contributed by atoms with Crippen molar-refractivity contribution in [2.24, 2.45) is 0 Å². The summed E-state index contributed by atoms with van der Waals surface area (Å²) < 4.78 is 1.09. The lowest BCUT2D eigenvalue weighted by atomic mass is 10.2. The van der Waals surface area contributed by atoms with Gasteiger partial charge in [0.2, 0.25) is 0 Å². The highest BCUT2D eigenvalue weighted by Crippen LogP contribution is 2.22. The predicted octanol–water partition coefficient (Wildman–Crippen LogP) is 2.19. The van der Waals surface area contributed by atoms with Crippen molar-refractivity contribution in [2.45, 2.75) is 6.92 Å². The second kappa shape index (κ2) is 4.63. The van der Waals surface area contributed by atoms with Gasteiger partial charge in [-0.15, -0.1) is 0 Å². The number of hydrogen-bond donors (Lipinski definition) is 1. The van der Waals surface area contributed by atoms with Gasteiger partial charge in [0.15, 0.2) is 0 Å². The molecule has 0 atom stereocenters. The Kier molecular flexibility index (Phi) is 3.75. The zero-order chi connectivity index (χ0) is 9.84. The Morgan fingerprint density at radius 1 is 1.46 bits per heavy atom. The van der Waals surface area contributed by atoms with Crippen LogP contribution in [0.4, 0.5) is 5.69 Å². The van der Waals surface area contributed by atoms with Crippen molar-refractivity contribution in [3.63, 3.8) is 0 Å². The van der Waals surface area contributed by atoms with E-state index in [1.54, 1.807) is 0 Å². The number of aryl methyl sites for hydroxylation is 1. The molecule has 0 spiro atoms. The monoisotopic (exact) mass is 243 g/mol. The van der Waals surface area contributed by atoms with Gasteiger partial charge in [0.05, 0.1) is 6.61 Å². The molecule has 0 heterocycles. The normalized spacial score (nSPS) is 10.2. The summed E-state index contributed by atoms with van der Waals surface area (Å²) in [6.07, 6.45) is 0. The molecule has 1 N–H and O–H groups in total. The van der Waals surface area contributed by atoms with Crippen LogP contribution in [0.2, 0.25) is 0 Å². The first-order valence-corrected chi connectivity index (χ1v) is 5.02. The fourth-order valence-electron chi connectivity index (χ4n) is 1.32. The number of aliphatic hydroxyl groups is 1. The number of benzene rings is 1. The Labute approximate surface area is 87.3 Å². The van der Waals surface area contributed by atoms with E-state index in [4.69, 9.17) is 5.11 Å². The topological polar surface area (TPSA) is 23.5 Å². The Hall–Kier alpha value is -0.540. The number of likely N-dealkylation sites (N-methyl/N-ethyl adjacent to an activating group) is 1. The Bertz CT molecular complexity index is 288. The van der Waals surface area contributed by atoms with Gasteiger partial charge in [-0.05, 0) is 30.7 Å². The maximum absolute atomic E-state index is 8.79. The first kappa shape index (κ1) is 10.5. The third-order valence-electron chi connectivity index (χ3n) is 2.01. The minimum absolute atomic E-state index is 0.187. The van der Waals surface area contributed by atoms with Crippen molar-refractivity contribution in [3.05, 3.63) is 28.2 Å². The Morgan fingerprint density at radius 3 is 2.69 bits per heavy atom. The fraction of sp³-hybridized carbons (Fsp3) is 0.400. The van der Waals surface area contributed by atoms with Crippen molar-refractivity contribution in [2.75, 3.05) is 25.1 Å². The lowest BCUT2D eigenvalue weighted by Gasteiger charge is -2.20. The van der Waals surface area contributed by atoms with E-state index >= 15 is 0 Å². The summed E-state index contributed by atoms with van der Waals surface area (Å²) in [7, 11) is 1.98. The predicted molar refractivity (Wildman–Crippen MR) is 59.2 cm³/mol. The molecule has 0 unspecified atom stereocenters. The first-order chi connectivity index (χ1) is 6.15. The molecular formula is C10H14BrNO. The molecule has 1 aromatic carbocycles. The maximum Gasteiger partial charge on any atom is 0.0606 e. The van der Waals surface area contributed by atoms with Gasteiger partial charge in [0.1, 0.15) is 0 Å². The van der Waals surface area contributed by atoms with Crippen LogP contribution in [0.3, 0.4) is 0 Å². The molecule has 72 valence electrons. The van der Waals surface area contributed by atoms with Gasteiger partial charge in [-0.2, -0.15) is 0 Å². The summed E-state index contributed by atoms with van der Waals surface area (Å²) >= 11 is 3.42. The molecule has 0 aromatic heterocycles. The van der Waals surface area contributed by atoms with E-state index in [1.807, 2.05) is 18.0 Å². The van der Waals surface area contributed by atoms with Gasteiger partial charge in [-0.1, -0.05) is 15.9 Å². The highest BCUT2D eigenvalue weighted by Gasteiger charge is 2.03. The lowest BCUT2D eigenvalue weighted by Crippen LogP contribution is -2.21. The van der Waals surface area contributed by atoms with E-state index < -0.39 is 0 Å². The third kappa shape index (κ3) is 2.71. The summed E-state index contributed by atoms with van der Waals surface area (Å²) in [5.74, 6) is 0. The number of rotatable bonds is 3. The Balaban J connectivity index is 2.88. The van der Waals surface area contributed by atoms with Crippen LogP contribution in [0.5, 0.6) is 0 Å². The largest absolute Gasteiger partial charge is 0.395 e. The third-order valence-corrected chi connectivity index (χ3v) is 2.50. The molecule has 0 fully saturated rings. The number of aliphatic hydroxyl groups excluding tert-OH is 1. The molecule has 0 aliphatic heterocycles. The van der Waals surface area contributed by atoms with E-state index in [0.29, 0.717) is 6.54 Å². The summed E-state index contributed by atoms with van der Waals surface area (Å²) in [5.41, 5.74) is 2.38. The summed E-state index contributed by atoms with van der Waals surface area (Å²) in [6.45, 7) is 2.92.